The molecule has 0 unspecified atom stereocenters. The highest BCUT2D eigenvalue weighted by atomic mass is 35.5. The zero-order valence-electron chi connectivity index (χ0n) is 18.8. The number of fused-ring (bicyclic) bond motifs is 2. The molecule has 10 nitrogen and oxygen atoms in total. The zero-order chi connectivity index (χ0) is 23.9. The minimum Gasteiger partial charge on any atom is -0.315 e. The summed E-state index contributed by atoms with van der Waals surface area (Å²) in [6, 6.07) is 5.42. The minimum absolute atomic E-state index is 0.109. The first-order valence-electron chi connectivity index (χ1n) is 10.3. The van der Waals surface area contributed by atoms with Crippen molar-refractivity contribution in [2.75, 3.05) is 32.1 Å². The Morgan fingerprint density at radius 2 is 1.91 bits per heavy atom. The van der Waals surface area contributed by atoms with E-state index in [1.807, 2.05) is 31.1 Å². The summed E-state index contributed by atoms with van der Waals surface area (Å²) in [6.07, 6.45) is 2.16. The Bertz CT molecular complexity index is 1470. The Kier molecular flexibility index (Phi) is 6.37. The molecule has 12 heteroatoms. The van der Waals surface area contributed by atoms with Gasteiger partial charge in [-0.3, -0.25) is 23.6 Å². The number of aromatic nitrogens is 5. The SMILES string of the molecule is CN(C)CCCN(C(=O)Cn1cnc2c1c(=O)n(C)c(=O)n2C)c1nc2ccc(Cl)cc2s1. The lowest BCUT2D eigenvalue weighted by Gasteiger charge is -2.21. The number of thiazole rings is 1. The van der Waals surface area contributed by atoms with Crippen LogP contribution >= 0.6 is 22.9 Å². The molecule has 0 saturated carbocycles. The Balaban J connectivity index is 1.71. The highest BCUT2D eigenvalue weighted by Crippen LogP contribution is 2.31. The van der Waals surface area contributed by atoms with Gasteiger partial charge >= 0.3 is 5.69 Å². The van der Waals surface area contributed by atoms with E-state index < -0.39 is 11.2 Å². The molecule has 1 aromatic carbocycles. The van der Waals surface area contributed by atoms with Gasteiger partial charge in [-0.2, -0.15) is 0 Å². The fraction of sp³-hybridized carbons (Fsp3) is 0.381. The molecule has 174 valence electrons. The number of carbonyl (C=O) groups excluding carboxylic acids is 1. The Morgan fingerprint density at radius 1 is 1.15 bits per heavy atom. The van der Waals surface area contributed by atoms with E-state index in [9.17, 15) is 14.4 Å². The third-order valence-corrected chi connectivity index (χ3v) is 6.66. The number of hydrogen-bond donors (Lipinski definition) is 0. The lowest BCUT2D eigenvalue weighted by atomic mass is 10.3. The molecule has 0 aliphatic heterocycles. The second-order valence-corrected chi connectivity index (χ2v) is 9.51. The minimum atomic E-state index is -0.493. The highest BCUT2D eigenvalue weighted by molar-refractivity contribution is 7.22. The molecular weight excluding hydrogens is 466 g/mol. The number of imidazole rings is 1. The number of benzene rings is 1. The smallest absolute Gasteiger partial charge is 0.315 e. The van der Waals surface area contributed by atoms with Gasteiger partial charge in [-0.15, -0.1) is 0 Å². The molecular formula is C21H24ClN7O3S. The highest BCUT2D eigenvalue weighted by Gasteiger charge is 2.22. The largest absolute Gasteiger partial charge is 0.332 e. The molecule has 33 heavy (non-hydrogen) atoms. The van der Waals surface area contributed by atoms with Gasteiger partial charge in [0.1, 0.15) is 6.54 Å². The molecule has 0 aliphatic carbocycles. The average molecular weight is 490 g/mol. The molecule has 0 fully saturated rings. The standard InChI is InChI=1S/C21H24ClN7O3S/c1-25(2)8-5-9-29(20-24-14-7-6-13(22)10-15(14)33-20)16(30)11-28-12-23-18-17(28)19(31)27(4)21(32)26(18)3/h6-7,10,12H,5,8-9,11H2,1-4H3. The summed E-state index contributed by atoms with van der Waals surface area (Å²) in [6.45, 7) is 1.16. The molecule has 0 atom stereocenters. The van der Waals surface area contributed by atoms with Crippen LogP contribution in [0.4, 0.5) is 5.13 Å². The molecule has 1 amide bonds. The third kappa shape index (κ3) is 4.43. The molecule has 0 spiro atoms. The predicted octanol–water partition coefficient (Wildman–Crippen LogP) is 1.68. The monoisotopic (exact) mass is 489 g/mol. The van der Waals surface area contributed by atoms with E-state index in [2.05, 4.69) is 9.97 Å². The van der Waals surface area contributed by atoms with Crippen LogP contribution in [0, 0.1) is 0 Å². The van der Waals surface area contributed by atoms with Crippen molar-refractivity contribution in [3.63, 3.8) is 0 Å². The van der Waals surface area contributed by atoms with Crippen LogP contribution in [0.3, 0.4) is 0 Å². The van der Waals surface area contributed by atoms with Gasteiger partial charge in [-0.1, -0.05) is 22.9 Å². The van der Waals surface area contributed by atoms with Crippen molar-refractivity contribution in [1.82, 2.24) is 28.6 Å². The van der Waals surface area contributed by atoms with Crippen molar-refractivity contribution in [1.29, 1.82) is 0 Å². The quantitative estimate of drug-likeness (QED) is 0.392. The maximum atomic E-state index is 13.4. The van der Waals surface area contributed by atoms with Crippen molar-refractivity contribution in [2.24, 2.45) is 14.1 Å². The number of anilines is 1. The molecule has 0 saturated heterocycles. The Hall–Kier alpha value is -3.02. The van der Waals surface area contributed by atoms with Crippen molar-refractivity contribution >= 4 is 55.4 Å². The van der Waals surface area contributed by atoms with E-state index in [0.717, 1.165) is 27.7 Å². The fourth-order valence-corrected chi connectivity index (χ4v) is 4.91. The van der Waals surface area contributed by atoms with E-state index in [1.165, 1.54) is 33.8 Å². The van der Waals surface area contributed by atoms with Crippen LogP contribution in [0.1, 0.15) is 6.42 Å². The number of aryl methyl sites for hydroxylation is 1. The zero-order valence-corrected chi connectivity index (χ0v) is 20.4. The van der Waals surface area contributed by atoms with Gasteiger partial charge in [0, 0.05) is 25.7 Å². The molecule has 0 aliphatic rings. The first-order chi connectivity index (χ1) is 15.7. The van der Waals surface area contributed by atoms with Gasteiger partial charge in [0.25, 0.3) is 5.56 Å². The first kappa shape index (κ1) is 23.1. The second-order valence-electron chi connectivity index (χ2n) is 8.06. The lowest BCUT2D eigenvalue weighted by Crippen LogP contribution is -2.39. The van der Waals surface area contributed by atoms with Crippen molar-refractivity contribution in [2.45, 2.75) is 13.0 Å². The summed E-state index contributed by atoms with van der Waals surface area (Å²) in [5.74, 6) is -0.228. The van der Waals surface area contributed by atoms with Crippen molar-refractivity contribution < 1.29 is 4.79 Å². The van der Waals surface area contributed by atoms with Crippen LogP contribution in [0.2, 0.25) is 5.02 Å². The normalized spacial score (nSPS) is 11.7. The summed E-state index contributed by atoms with van der Waals surface area (Å²) in [5.41, 5.74) is 0.249. The lowest BCUT2D eigenvalue weighted by molar-refractivity contribution is -0.119. The Morgan fingerprint density at radius 3 is 2.64 bits per heavy atom. The van der Waals surface area contributed by atoms with Crippen molar-refractivity contribution in [3.8, 4) is 0 Å². The molecule has 3 heterocycles. The summed E-state index contributed by atoms with van der Waals surface area (Å²) in [7, 11) is 6.90. The number of halogens is 1. The fourth-order valence-electron chi connectivity index (χ4n) is 3.62. The second kappa shape index (κ2) is 9.08. The summed E-state index contributed by atoms with van der Waals surface area (Å²) < 4.78 is 4.68. The number of nitrogens with zero attached hydrogens (tertiary/aromatic N) is 7. The summed E-state index contributed by atoms with van der Waals surface area (Å²) in [4.78, 5) is 50.9. The topological polar surface area (TPSA) is 98.3 Å². The van der Waals surface area contributed by atoms with Gasteiger partial charge < -0.3 is 9.47 Å². The van der Waals surface area contributed by atoms with E-state index >= 15 is 0 Å². The molecule has 4 rings (SSSR count). The van der Waals surface area contributed by atoms with Crippen molar-refractivity contribution in [3.05, 3.63) is 50.4 Å². The number of carbonyl (C=O) groups is 1. The van der Waals surface area contributed by atoms with E-state index in [1.54, 1.807) is 18.0 Å². The van der Waals surface area contributed by atoms with Crippen LogP contribution in [0.15, 0.2) is 34.1 Å². The van der Waals surface area contributed by atoms with Gasteiger partial charge in [0.05, 0.1) is 16.5 Å². The third-order valence-electron chi connectivity index (χ3n) is 5.38. The van der Waals surface area contributed by atoms with Crippen LogP contribution in [0.5, 0.6) is 0 Å². The predicted molar refractivity (Wildman–Crippen MR) is 130 cm³/mol. The first-order valence-corrected chi connectivity index (χ1v) is 11.5. The molecule has 0 N–H and O–H groups in total. The van der Waals surface area contributed by atoms with E-state index in [4.69, 9.17) is 11.6 Å². The average Bonchev–Trinajstić information content (AvgIpc) is 3.37. The molecule has 0 bridgehead atoms. The molecule has 3 aromatic heterocycles. The van der Waals surface area contributed by atoms with Gasteiger partial charge in [0.15, 0.2) is 16.3 Å². The van der Waals surface area contributed by atoms with E-state index in [0.29, 0.717) is 16.7 Å². The molecule has 4 aromatic rings. The van der Waals surface area contributed by atoms with Crippen LogP contribution in [-0.2, 0) is 25.4 Å². The Labute approximate surface area is 198 Å². The summed E-state index contributed by atoms with van der Waals surface area (Å²) in [5, 5.41) is 1.18. The number of rotatable bonds is 7. The van der Waals surface area contributed by atoms with E-state index in [-0.39, 0.29) is 23.6 Å². The number of amides is 1. The van der Waals surface area contributed by atoms with Gasteiger partial charge in [-0.25, -0.2) is 14.8 Å². The molecule has 0 radical (unpaired) electrons. The van der Waals surface area contributed by atoms with Crippen LogP contribution in [0.25, 0.3) is 21.4 Å². The maximum absolute atomic E-state index is 13.4. The van der Waals surface area contributed by atoms with Crippen LogP contribution < -0.4 is 16.1 Å². The van der Waals surface area contributed by atoms with Crippen LogP contribution in [-0.4, -0.2) is 61.7 Å². The maximum Gasteiger partial charge on any atom is 0.332 e. The van der Waals surface area contributed by atoms with Gasteiger partial charge in [-0.05, 0) is 45.3 Å². The van der Waals surface area contributed by atoms with Gasteiger partial charge in [0.2, 0.25) is 5.91 Å². The summed E-state index contributed by atoms with van der Waals surface area (Å²) >= 11 is 7.51. The number of hydrogen-bond acceptors (Lipinski definition) is 7.